The van der Waals surface area contributed by atoms with Crippen molar-refractivity contribution >= 4 is 17.7 Å². The van der Waals surface area contributed by atoms with E-state index in [1.807, 2.05) is 30.3 Å². The molecule has 2 rings (SSSR count). The topological polar surface area (TPSA) is 84.9 Å². The highest BCUT2D eigenvalue weighted by Crippen LogP contribution is 2.22. The van der Waals surface area contributed by atoms with E-state index >= 15 is 0 Å². The summed E-state index contributed by atoms with van der Waals surface area (Å²) in [5.74, 6) is -0.922. The normalized spacial score (nSPS) is 9.86. The number of benzene rings is 2. The molecule has 6 nitrogen and oxygen atoms in total. The minimum absolute atomic E-state index is 0.0386. The summed E-state index contributed by atoms with van der Waals surface area (Å²) in [7, 11) is 1.38. The minimum Gasteiger partial charge on any atom is -0.496 e. The van der Waals surface area contributed by atoms with Gasteiger partial charge >= 0.3 is 12.1 Å². The largest absolute Gasteiger partial charge is 0.496 e. The van der Waals surface area contributed by atoms with Crippen molar-refractivity contribution in [3.8, 4) is 5.75 Å². The molecule has 22 heavy (non-hydrogen) atoms. The second-order valence-electron chi connectivity index (χ2n) is 4.41. The van der Waals surface area contributed by atoms with E-state index < -0.39 is 12.1 Å². The van der Waals surface area contributed by atoms with Crippen molar-refractivity contribution in [2.45, 2.75) is 6.61 Å². The first-order chi connectivity index (χ1) is 10.6. The number of nitrogens with one attached hydrogen (secondary N) is 1. The van der Waals surface area contributed by atoms with Crippen LogP contribution < -0.4 is 10.1 Å². The van der Waals surface area contributed by atoms with E-state index in [1.54, 1.807) is 0 Å². The number of carboxylic acids is 1. The van der Waals surface area contributed by atoms with E-state index in [0.29, 0.717) is 5.69 Å². The number of methoxy groups -OCH3 is 1. The molecule has 0 aromatic heterocycles. The first-order valence-electron chi connectivity index (χ1n) is 6.49. The number of carboxylic acid groups (broad SMARTS) is 1. The Balaban J connectivity index is 1.99. The van der Waals surface area contributed by atoms with Crippen LogP contribution in [-0.4, -0.2) is 24.3 Å². The van der Waals surface area contributed by atoms with E-state index in [-0.39, 0.29) is 17.9 Å². The van der Waals surface area contributed by atoms with Gasteiger partial charge in [-0.05, 0) is 23.8 Å². The molecule has 114 valence electrons. The molecular formula is C16H15NO5. The number of carbonyl (C=O) groups excluding carboxylic acids is 1. The van der Waals surface area contributed by atoms with Crippen LogP contribution in [-0.2, 0) is 11.3 Å². The molecule has 0 saturated heterocycles. The minimum atomic E-state index is -1.14. The molecule has 0 aliphatic carbocycles. The van der Waals surface area contributed by atoms with Gasteiger partial charge in [-0.25, -0.2) is 9.59 Å². The summed E-state index contributed by atoms with van der Waals surface area (Å²) in [6.45, 7) is 0.134. The van der Waals surface area contributed by atoms with Gasteiger partial charge in [0, 0.05) is 5.69 Å². The van der Waals surface area contributed by atoms with Gasteiger partial charge in [0.05, 0.1) is 7.11 Å². The number of hydrogen-bond acceptors (Lipinski definition) is 4. The van der Waals surface area contributed by atoms with Crippen LogP contribution in [0.2, 0.25) is 0 Å². The van der Waals surface area contributed by atoms with Crippen LogP contribution in [0.4, 0.5) is 10.5 Å². The molecule has 0 spiro atoms. The Labute approximate surface area is 127 Å². The van der Waals surface area contributed by atoms with Crippen molar-refractivity contribution in [2.75, 3.05) is 12.4 Å². The van der Waals surface area contributed by atoms with Gasteiger partial charge in [-0.15, -0.1) is 0 Å². The Kier molecular flexibility index (Phi) is 4.98. The number of amides is 1. The SMILES string of the molecule is COc1ccc(NC(=O)OCc2ccccc2)cc1C(=O)O. The summed E-state index contributed by atoms with van der Waals surface area (Å²) in [5, 5.41) is 11.6. The molecule has 0 atom stereocenters. The molecule has 2 aromatic rings. The predicted octanol–water partition coefficient (Wildman–Crippen LogP) is 3.14. The highest BCUT2D eigenvalue weighted by atomic mass is 16.5. The lowest BCUT2D eigenvalue weighted by Crippen LogP contribution is -2.14. The van der Waals surface area contributed by atoms with Gasteiger partial charge in [0.15, 0.2) is 0 Å². The van der Waals surface area contributed by atoms with Crippen molar-refractivity contribution in [3.05, 3.63) is 59.7 Å². The van der Waals surface area contributed by atoms with E-state index in [0.717, 1.165) is 5.56 Å². The molecule has 6 heteroatoms. The van der Waals surface area contributed by atoms with Crippen LogP contribution >= 0.6 is 0 Å². The summed E-state index contributed by atoms with van der Waals surface area (Å²) in [6, 6.07) is 13.6. The van der Waals surface area contributed by atoms with Gasteiger partial charge in [0.25, 0.3) is 0 Å². The van der Waals surface area contributed by atoms with Crippen LogP contribution in [0.15, 0.2) is 48.5 Å². The zero-order chi connectivity index (χ0) is 15.9. The van der Waals surface area contributed by atoms with Crippen molar-refractivity contribution in [1.29, 1.82) is 0 Å². The molecule has 0 radical (unpaired) electrons. The van der Waals surface area contributed by atoms with Gasteiger partial charge in [0.1, 0.15) is 17.9 Å². The molecule has 0 saturated carbocycles. The summed E-state index contributed by atoms with van der Waals surface area (Å²) < 4.78 is 10.0. The predicted molar refractivity (Wildman–Crippen MR) is 80.2 cm³/mol. The fourth-order valence-corrected chi connectivity index (χ4v) is 1.83. The number of rotatable bonds is 5. The smallest absolute Gasteiger partial charge is 0.411 e. The highest BCUT2D eigenvalue weighted by Gasteiger charge is 2.13. The van der Waals surface area contributed by atoms with E-state index in [2.05, 4.69) is 5.32 Å². The number of carbonyl (C=O) groups is 2. The second-order valence-corrected chi connectivity index (χ2v) is 4.41. The Hall–Kier alpha value is -3.02. The van der Waals surface area contributed by atoms with Crippen LogP contribution in [0, 0.1) is 0 Å². The Morgan fingerprint density at radius 1 is 1.14 bits per heavy atom. The molecular weight excluding hydrogens is 286 g/mol. The molecule has 2 aromatic carbocycles. The van der Waals surface area contributed by atoms with Gasteiger partial charge in [-0.3, -0.25) is 5.32 Å². The maximum absolute atomic E-state index is 11.7. The molecule has 1 amide bonds. The molecule has 2 N–H and O–H groups in total. The van der Waals surface area contributed by atoms with Crippen molar-refractivity contribution in [3.63, 3.8) is 0 Å². The fourth-order valence-electron chi connectivity index (χ4n) is 1.83. The number of ether oxygens (including phenoxy) is 2. The second kappa shape index (κ2) is 7.12. The van der Waals surface area contributed by atoms with E-state index in [4.69, 9.17) is 14.6 Å². The van der Waals surface area contributed by atoms with Gasteiger partial charge < -0.3 is 14.6 Å². The third-order valence-electron chi connectivity index (χ3n) is 2.89. The summed E-state index contributed by atoms with van der Waals surface area (Å²) in [5.41, 5.74) is 1.14. The summed E-state index contributed by atoms with van der Waals surface area (Å²) in [4.78, 5) is 22.8. The average molecular weight is 301 g/mol. The molecule has 0 heterocycles. The number of aromatic carboxylic acids is 1. The third-order valence-corrected chi connectivity index (χ3v) is 2.89. The lowest BCUT2D eigenvalue weighted by molar-refractivity contribution is 0.0693. The van der Waals surface area contributed by atoms with Crippen LogP contribution in [0.1, 0.15) is 15.9 Å². The van der Waals surface area contributed by atoms with E-state index in [1.165, 1.54) is 25.3 Å². The highest BCUT2D eigenvalue weighted by molar-refractivity contribution is 5.94. The lowest BCUT2D eigenvalue weighted by Gasteiger charge is -2.10. The molecule has 0 fully saturated rings. The number of anilines is 1. The number of hydrogen-bond donors (Lipinski definition) is 2. The molecule has 0 bridgehead atoms. The average Bonchev–Trinajstić information content (AvgIpc) is 2.54. The molecule has 0 unspecified atom stereocenters. The van der Waals surface area contributed by atoms with Crippen LogP contribution in [0.25, 0.3) is 0 Å². The first-order valence-corrected chi connectivity index (χ1v) is 6.49. The molecule has 0 aliphatic rings. The lowest BCUT2D eigenvalue weighted by atomic mass is 10.2. The zero-order valence-electron chi connectivity index (χ0n) is 11.9. The van der Waals surface area contributed by atoms with Crippen LogP contribution in [0.3, 0.4) is 0 Å². The first kappa shape index (κ1) is 15.4. The fraction of sp³-hybridized carbons (Fsp3) is 0.125. The Morgan fingerprint density at radius 3 is 2.50 bits per heavy atom. The van der Waals surface area contributed by atoms with Crippen molar-refractivity contribution < 1.29 is 24.2 Å². The van der Waals surface area contributed by atoms with Gasteiger partial charge in [-0.2, -0.15) is 0 Å². The quantitative estimate of drug-likeness (QED) is 0.886. The van der Waals surface area contributed by atoms with Gasteiger partial charge in [-0.1, -0.05) is 30.3 Å². The zero-order valence-corrected chi connectivity index (χ0v) is 11.9. The molecule has 0 aliphatic heterocycles. The van der Waals surface area contributed by atoms with Gasteiger partial charge in [0.2, 0.25) is 0 Å². The maximum atomic E-state index is 11.7. The Morgan fingerprint density at radius 2 is 1.86 bits per heavy atom. The maximum Gasteiger partial charge on any atom is 0.411 e. The van der Waals surface area contributed by atoms with E-state index in [9.17, 15) is 9.59 Å². The monoisotopic (exact) mass is 301 g/mol. The summed E-state index contributed by atoms with van der Waals surface area (Å²) >= 11 is 0. The van der Waals surface area contributed by atoms with Crippen molar-refractivity contribution in [2.24, 2.45) is 0 Å². The Bertz CT molecular complexity index is 669. The summed E-state index contributed by atoms with van der Waals surface area (Å²) in [6.07, 6.45) is -0.662. The van der Waals surface area contributed by atoms with Crippen molar-refractivity contribution in [1.82, 2.24) is 0 Å². The standard InChI is InChI=1S/C16H15NO5/c1-21-14-8-7-12(9-13(14)15(18)19)17-16(20)22-10-11-5-3-2-4-6-11/h2-9H,10H2,1H3,(H,17,20)(H,18,19). The van der Waals surface area contributed by atoms with Crippen LogP contribution in [0.5, 0.6) is 5.75 Å². The third kappa shape index (κ3) is 3.99.